The zero-order valence-corrected chi connectivity index (χ0v) is 5.71. The van der Waals surface area contributed by atoms with Gasteiger partial charge in [-0.25, -0.2) is 0 Å². The maximum atomic E-state index is 2.65. The molecule has 1 nitrogen and oxygen atoms in total. The number of fused-ring (bicyclic) bond motifs is 3. The molecule has 3 aliphatic rings. The molecule has 0 amide bonds. The highest BCUT2D eigenvalue weighted by molar-refractivity contribution is 5.06. The number of piperidine rings is 1. The first-order chi connectivity index (χ1) is 4.45. The predicted molar refractivity (Wildman–Crippen MR) is 36.2 cm³/mol. The summed E-state index contributed by atoms with van der Waals surface area (Å²) in [5.41, 5.74) is 0. The van der Waals surface area contributed by atoms with Crippen LogP contribution in [0.4, 0.5) is 0 Å². The maximum absolute atomic E-state index is 2.65. The molecule has 0 spiro atoms. The Bertz CT molecular complexity index is 144. The molecule has 1 aliphatic carbocycles. The molecule has 1 heteroatoms. The maximum Gasteiger partial charge on any atom is 0.0255 e. The van der Waals surface area contributed by atoms with Crippen LogP contribution < -0.4 is 0 Å². The van der Waals surface area contributed by atoms with E-state index in [0.717, 1.165) is 17.9 Å². The van der Waals surface area contributed by atoms with E-state index in [1.54, 1.807) is 6.42 Å². The van der Waals surface area contributed by atoms with Crippen molar-refractivity contribution in [3.63, 3.8) is 0 Å². The molecular weight excluding hydrogens is 110 g/mol. The van der Waals surface area contributed by atoms with Gasteiger partial charge in [0.1, 0.15) is 0 Å². The van der Waals surface area contributed by atoms with E-state index >= 15 is 0 Å². The number of hydrogen-bond acceptors (Lipinski definition) is 1. The molecule has 0 N–H and O–H groups in total. The monoisotopic (exact) mass is 123 g/mol. The van der Waals surface area contributed by atoms with E-state index in [9.17, 15) is 0 Å². The lowest BCUT2D eigenvalue weighted by molar-refractivity contribution is 0.437. The summed E-state index contributed by atoms with van der Waals surface area (Å²) in [4.78, 5) is 2.65. The molecule has 0 aromatic heterocycles. The van der Waals surface area contributed by atoms with Crippen LogP contribution in [0.2, 0.25) is 0 Å². The van der Waals surface area contributed by atoms with Crippen molar-refractivity contribution in [3.05, 3.63) is 0 Å². The normalized spacial score (nSPS) is 61.3. The van der Waals surface area contributed by atoms with Gasteiger partial charge in [0.2, 0.25) is 0 Å². The topological polar surface area (TPSA) is 3.01 Å². The number of hydrogen-bond donors (Lipinski definition) is 0. The van der Waals surface area contributed by atoms with Gasteiger partial charge in [-0.1, -0.05) is 6.42 Å². The molecule has 0 aromatic carbocycles. The summed E-state index contributed by atoms with van der Waals surface area (Å²) in [6.45, 7) is 2.90. The SMILES string of the molecule is C1CC2CN3C[C@H]3C2C1. The molecule has 4 atom stereocenters. The molecule has 2 heterocycles. The van der Waals surface area contributed by atoms with Crippen molar-refractivity contribution >= 4 is 0 Å². The van der Waals surface area contributed by atoms with Crippen LogP contribution in [-0.2, 0) is 0 Å². The Morgan fingerprint density at radius 2 is 2.11 bits per heavy atom. The van der Waals surface area contributed by atoms with Gasteiger partial charge in [-0.05, 0) is 24.7 Å². The number of nitrogens with zero attached hydrogens (tertiary/aromatic N) is 1. The lowest BCUT2D eigenvalue weighted by Gasteiger charge is -2.08. The Hall–Kier alpha value is -0.0400. The third kappa shape index (κ3) is 0.493. The van der Waals surface area contributed by atoms with Crippen LogP contribution in [0, 0.1) is 11.8 Å². The minimum atomic E-state index is 1.07. The van der Waals surface area contributed by atoms with Gasteiger partial charge in [-0.2, -0.15) is 0 Å². The average molecular weight is 123 g/mol. The van der Waals surface area contributed by atoms with Crippen molar-refractivity contribution < 1.29 is 0 Å². The Morgan fingerprint density at radius 3 is 3.00 bits per heavy atom. The van der Waals surface area contributed by atoms with Gasteiger partial charge in [0, 0.05) is 19.1 Å². The molecular formula is C8H13N. The van der Waals surface area contributed by atoms with Crippen LogP contribution in [0.25, 0.3) is 0 Å². The molecule has 0 bridgehead atoms. The smallest absolute Gasteiger partial charge is 0.0255 e. The Balaban J connectivity index is 1.88. The summed E-state index contributed by atoms with van der Waals surface area (Å²) >= 11 is 0. The fourth-order valence-corrected chi connectivity index (χ4v) is 2.91. The summed E-state index contributed by atoms with van der Waals surface area (Å²) < 4.78 is 0. The average Bonchev–Trinajstić information content (AvgIpc) is 2.38. The molecule has 50 valence electrons. The van der Waals surface area contributed by atoms with E-state index < -0.39 is 0 Å². The molecule has 2 saturated heterocycles. The summed E-state index contributed by atoms with van der Waals surface area (Å²) in [5, 5.41) is 0. The summed E-state index contributed by atoms with van der Waals surface area (Å²) in [5.74, 6) is 2.27. The fourth-order valence-electron chi connectivity index (χ4n) is 2.91. The van der Waals surface area contributed by atoms with E-state index in [-0.39, 0.29) is 0 Å². The zero-order chi connectivity index (χ0) is 5.84. The van der Waals surface area contributed by atoms with Crippen LogP contribution in [0.1, 0.15) is 19.3 Å². The highest BCUT2D eigenvalue weighted by Gasteiger charge is 2.52. The van der Waals surface area contributed by atoms with Gasteiger partial charge in [0.05, 0.1) is 0 Å². The zero-order valence-electron chi connectivity index (χ0n) is 5.71. The van der Waals surface area contributed by atoms with Gasteiger partial charge in [-0.3, -0.25) is 4.90 Å². The predicted octanol–water partition coefficient (Wildman–Crippen LogP) is 1.10. The molecule has 3 fully saturated rings. The van der Waals surface area contributed by atoms with Crippen molar-refractivity contribution in [1.82, 2.24) is 4.90 Å². The first kappa shape index (κ1) is 4.73. The van der Waals surface area contributed by atoms with Crippen LogP contribution in [0.5, 0.6) is 0 Å². The largest absolute Gasteiger partial charge is 0.297 e. The van der Waals surface area contributed by atoms with Crippen LogP contribution in [0.15, 0.2) is 0 Å². The highest BCUT2D eigenvalue weighted by atomic mass is 15.3. The molecule has 2 aliphatic heterocycles. The third-order valence-electron chi connectivity index (χ3n) is 3.44. The highest BCUT2D eigenvalue weighted by Crippen LogP contribution is 2.48. The van der Waals surface area contributed by atoms with E-state index in [1.807, 2.05) is 0 Å². The van der Waals surface area contributed by atoms with Gasteiger partial charge >= 0.3 is 0 Å². The molecule has 3 unspecified atom stereocenters. The summed E-state index contributed by atoms with van der Waals surface area (Å²) in [6.07, 6.45) is 4.61. The second kappa shape index (κ2) is 1.34. The van der Waals surface area contributed by atoms with Crippen molar-refractivity contribution in [2.24, 2.45) is 11.8 Å². The van der Waals surface area contributed by atoms with Crippen molar-refractivity contribution in [1.29, 1.82) is 0 Å². The van der Waals surface area contributed by atoms with Crippen molar-refractivity contribution in [3.8, 4) is 0 Å². The van der Waals surface area contributed by atoms with E-state index in [1.165, 1.54) is 25.9 Å². The third-order valence-corrected chi connectivity index (χ3v) is 3.44. The minimum Gasteiger partial charge on any atom is -0.297 e. The van der Waals surface area contributed by atoms with Crippen LogP contribution in [0.3, 0.4) is 0 Å². The van der Waals surface area contributed by atoms with Gasteiger partial charge in [-0.15, -0.1) is 0 Å². The van der Waals surface area contributed by atoms with Crippen molar-refractivity contribution in [2.75, 3.05) is 13.1 Å². The molecule has 0 aromatic rings. The lowest BCUT2D eigenvalue weighted by atomic mass is 9.96. The minimum absolute atomic E-state index is 1.07. The van der Waals surface area contributed by atoms with E-state index in [0.29, 0.717) is 0 Å². The van der Waals surface area contributed by atoms with Crippen LogP contribution in [-0.4, -0.2) is 24.0 Å². The van der Waals surface area contributed by atoms with Gasteiger partial charge < -0.3 is 0 Å². The molecule has 3 rings (SSSR count). The van der Waals surface area contributed by atoms with Crippen molar-refractivity contribution in [2.45, 2.75) is 25.3 Å². The van der Waals surface area contributed by atoms with Crippen LogP contribution >= 0.6 is 0 Å². The molecule has 9 heavy (non-hydrogen) atoms. The Morgan fingerprint density at radius 1 is 1.11 bits per heavy atom. The van der Waals surface area contributed by atoms with E-state index in [2.05, 4.69) is 4.90 Å². The molecule has 0 radical (unpaired) electrons. The lowest BCUT2D eigenvalue weighted by Crippen LogP contribution is -2.10. The Labute approximate surface area is 56.0 Å². The van der Waals surface area contributed by atoms with Gasteiger partial charge in [0.25, 0.3) is 0 Å². The number of rotatable bonds is 0. The second-order valence-corrected chi connectivity index (χ2v) is 3.88. The van der Waals surface area contributed by atoms with E-state index in [4.69, 9.17) is 0 Å². The fraction of sp³-hybridized carbons (Fsp3) is 1.00. The summed E-state index contributed by atoms with van der Waals surface area (Å²) in [6, 6.07) is 1.07. The van der Waals surface area contributed by atoms with Gasteiger partial charge in [0.15, 0.2) is 0 Å². The first-order valence-corrected chi connectivity index (χ1v) is 4.19. The Kier molecular flexibility index (Phi) is 0.704. The second-order valence-electron chi connectivity index (χ2n) is 3.88. The summed E-state index contributed by atoms with van der Waals surface area (Å²) in [7, 11) is 0. The quantitative estimate of drug-likeness (QED) is 0.436. The first-order valence-electron chi connectivity index (χ1n) is 4.19. The standard InChI is InChI=1S/C8H13N/c1-2-6-4-9-5-8(9)7(6)3-1/h6-8H,1-5H2/t6?,7?,8-,9?/m0/s1. The molecule has 1 saturated carbocycles.